The summed E-state index contributed by atoms with van der Waals surface area (Å²) >= 11 is 0. The number of ether oxygens (including phenoxy) is 1. The number of anilines is 3. The Morgan fingerprint density at radius 3 is 2.71 bits per heavy atom. The molecule has 1 amide bonds. The Bertz CT molecular complexity index is 1190. The molecule has 0 bridgehead atoms. The molecule has 0 aliphatic carbocycles. The Balaban J connectivity index is 1.81. The van der Waals surface area contributed by atoms with E-state index in [-0.39, 0.29) is 34.9 Å². The number of hydrogen-bond donors (Lipinski definition) is 3. The first-order valence-electron chi connectivity index (χ1n) is 10.2. The largest absolute Gasteiger partial charge is 0.465 e. The molecule has 1 aliphatic rings. The van der Waals surface area contributed by atoms with E-state index in [0.29, 0.717) is 5.69 Å². The van der Waals surface area contributed by atoms with Crippen LogP contribution in [0.15, 0.2) is 36.4 Å². The van der Waals surface area contributed by atoms with Gasteiger partial charge in [0, 0.05) is 18.5 Å². The molecule has 2 unspecified atom stereocenters. The fraction of sp³-hybridized carbons (Fsp3) is 0.304. The predicted octanol–water partition coefficient (Wildman–Crippen LogP) is 4.63. The van der Waals surface area contributed by atoms with Crippen LogP contribution in [0, 0.1) is 5.82 Å². The van der Waals surface area contributed by atoms with Gasteiger partial charge in [0.15, 0.2) is 0 Å². The summed E-state index contributed by atoms with van der Waals surface area (Å²) in [5.74, 6) is -1.72. The van der Waals surface area contributed by atoms with E-state index < -0.39 is 11.8 Å². The molecular formula is C23H25FN4O3. The molecule has 0 radical (unpaired) electrons. The Labute approximate surface area is 179 Å². The topological polar surface area (TPSA) is 84.4 Å². The lowest BCUT2D eigenvalue weighted by atomic mass is 10.0. The minimum Gasteiger partial charge on any atom is -0.465 e. The normalized spacial score (nSPS) is 17.2. The molecule has 2 atom stereocenters. The zero-order chi connectivity index (χ0) is 22.3. The number of methoxy groups -OCH3 is 1. The highest BCUT2D eigenvalue weighted by molar-refractivity contribution is 6.10. The number of carbonyl (C=O) groups excluding carboxylic acids is 2. The zero-order valence-corrected chi connectivity index (χ0v) is 17.9. The highest BCUT2D eigenvalue weighted by Crippen LogP contribution is 2.38. The highest BCUT2D eigenvalue weighted by atomic mass is 19.1. The van der Waals surface area contributed by atoms with Gasteiger partial charge >= 0.3 is 5.97 Å². The summed E-state index contributed by atoms with van der Waals surface area (Å²) in [5, 5.41) is 10.00. The lowest BCUT2D eigenvalue weighted by molar-refractivity contribution is 0.0600. The fourth-order valence-corrected chi connectivity index (χ4v) is 4.40. The second-order valence-electron chi connectivity index (χ2n) is 7.63. The van der Waals surface area contributed by atoms with Crippen molar-refractivity contribution in [2.75, 3.05) is 30.1 Å². The van der Waals surface area contributed by atoms with Crippen LogP contribution in [-0.4, -0.2) is 36.6 Å². The van der Waals surface area contributed by atoms with Gasteiger partial charge in [-0.2, -0.15) is 0 Å². The van der Waals surface area contributed by atoms with Gasteiger partial charge < -0.3 is 25.3 Å². The first-order valence-corrected chi connectivity index (χ1v) is 10.2. The summed E-state index contributed by atoms with van der Waals surface area (Å²) in [6.07, 6.45) is 0.834. The molecule has 4 rings (SSSR count). The number of benzene rings is 2. The monoisotopic (exact) mass is 424 g/mol. The molecule has 1 aliphatic heterocycles. The maximum atomic E-state index is 14.6. The van der Waals surface area contributed by atoms with Crippen molar-refractivity contribution in [3.05, 3.63) is 53.5 Å². The van der Waals surface area contributed by atoms with Crippen LogP contribution in [0.4, 0.5) is 21.5 Å². The number of amides is 1. The van der Waals surface area contributed by atoms with Gasteiger partial charge in [-0.25, -0.2) is 9.18 Å². The van der Waals surface area contributed by atoms with Crippen molar-refractivity contribution < 1.29 is 18.7 Å². The maximum absolute atomic E-state index is 14.6. The molecule has 162 valence electrons. The van der Waals surface area contributed by atoms with Gasteiger partial charge in [0.05, 0.1) is 41.3 Å². The van der Waals surface area contributed by atoms with E-state index in [9.17, 15) is 14.0 Å². The Kier molecular flexibility index (Phi) is 5.31. The average molecular weight is 424 g/mol. The lowest BCUT2D eigenvalue weighted by Gasteiger charge is -2.33. The summed E-state index contributed by atoms with van der Waals surface area (Å²) in [4.78, 5) is 25.3. The van der Waals surface area contributed by atoms with Gasteiger partial charge in [-0.05, 0) is 37.6 Å². The number of hydrogen-bond acceptors (Lipinski definition) is 5. The fourth-order valence-electron chi connectivity index (χ4n) is 4.40. The molecule has 3 aromatic rings. The third-order valence-corrected chi connectivity index (χ3v) is 5.81. The van der Waals surface area contributed by atoms with E-state index >= 15 is 0 Å². The minimum absolute atomic E-state index is 0.0162. The average Bonchev–Trinajstić information content (AvgIpc) is 3.14. The summed E-state index contributed by atoms with van der Waals surface area (Å²) in [7, 11) is 2.77. The molecule has 8 heteroatoms. The smallest absolute Gasteiger partial charge is 0.338 e. The van der Waals surface area contributed by atoms with Crippen LogP contribution in [0.2, 0.25) is 0 Å². The lowest BCUT2D eigenvalue weighted by Crippen LogP contribution is -2.34. The van der Waals surface area contributed by atoms with E-state index in [1.807, 2.05) is 24.3 Å². The number of halogens is 1. The number of nitrogens with zero attached hydrogens (tertiary/aromatic N) is 1. The number of carbonyl (C=O) groups is 2. The van der Waals surface area contributed by atoms with Gasteiger partial charge in [0.1, 0.15) is 11.5 Å². The molecule has 3 N–H and O–H groups in total. The molecule has 2 heterocycles. The quantitative estimate of drug-likeness (QED) is 0.520. The third-order valence-electron chi connectivity index (χ3n) is 5.81. The van der Waals surface area contributed by atoms with Crippen molar-refractivity contribution in [1.29, 1.82) is 0 Å². The Morgan fingerprint density at radius 1 is 1.26 bits per heavy atom. The predicted molar refractivity (Wildman–Crippen MR) is 120 cm³/mol. The van der Waals surface area contributed by atoms with Gasteiger partial charge in [-0.1, -0.05) is 19.1 Å². The standard InChI is InChI=1S/C23H25FN4O3/c1-5-18-12(2)26-16-8-6-7-13-11-19(28(18)21(13)16)22(29)27-17-10-14(23(30)31-4)9-15(24)20(17)25-3/h6-12,18,25-26H,5H2,1-4H3,(H,27,29). The summed E-state index contributed by atoms with van der Waals surface area (Å²) < 4.78 is 21.3. The molecule has 31 heavy (non-hydrogen) atoms. The maximum Gasteiger partial charge on any atom is 0.338 e. The third kappa shape index (κ3) is 3.37. The van der Waals surface area contributed by atoms with Crippen LogP contribution >= 0.6 is 0 Å². The molecule has 0 spiro atoms. The first kappa shape index (κ1) is 20.7. The minimum atomic E-state index is -0.684. The van der Waals surface area contributed by atoms with Crippen molar-refractivity contribution in [1.82, 2.24) is 4.57 Å². The van der Waals surface area contributed by atoms with Crippen LogP contribution < -0.4 is 16.0 Å². The number of para-hydroxylation sites is 1. The molecule has 2 aromatic carbocycles. The molecule has 1 aromatic heterocycles. The molecular weight excluding hydrogens is 399 g/mol. The van der Waals surface area contributed by atoms with E-state index in [2.05, 4.69) is 34.4 Å². The van der Waals surface area contributed by atoms with E-state index in [4.69, 9.17) is 4.74 Å². The van der Waals surface area contributed by atoms with Gasteiger partial charge in [0.2, 0.25) is 0 Å². The van der Waals surface area contributed by atoms with Crippen LogP contribution in [0.5, 0.6) is 0 Å². The van der Waals surface area contributed by atoms with Crippen LogP contribution in [0.1, 0.15) is 47.2 Å². The van der Waals surface area contributed by atoms with Crippen molar-refractivity contribution in [3.63, 3.8) is 0 Å². The molecule has 0 saturated heterocycles. The molecule has 0 saturated carbocycles. The molecule has 0 fully saturated rings. The summed E-state index contributed by atoms with van der Waals surface area (Å²) in [6.45, 7) is 4.17. The second-order valence-corrected chi connectivity index (χ2v) is 7.63. The number of aromatic nitrogens is 1. The van der Waals surface area contributed by atoms with Crippen LogP contribution in [0.3, 0.4) is 0 Å². The van der Waals surface area contributed by atoms with Crippen LogP contribution in [0.25, 0.3) is 10.9 Å². The first-order chi connectivity index (χ1) is 14.9. The summed E-state index contributed by atoms with van der Waals surface area (Å²) in [5.41, 5.74) is 2.71. The summed E-state index contributed by atoms with van der Waals surface area (Å²) in [6, 6.07) is 10.5. The van der Waals surface area contributed by atoms with Crippen molar-refractivity contribution in [2.24, 2.45) is 0 Å². The van der Waals surface area contributed by atoms with E-state index in [1.54, 1.807) is 7.05 Å². The van der Waals surface area contributed by atoms with E-state index in [1.165, 1.54) is 13.2 Å². The number of rotatable bonds is 5. The van der Waals surface area contributed by atoms with E-state index in [0.717, 1.165) is 29.1 Å². The second kappa shape index (κ2) is 7.94. The van der Waals surface area contributed by atoms with Gasteiger partial charge in [-0.3, -0.25) is 4.79 Å². The molecule has 7 nitrogen and oxygen atoms in total. The Hall–Kier alpha value is -3.55. The van der Waals surface area contributed by atoms with Crippen molar-refractivity contribution in [2.45, 2.75) is 32.4 Å². The SMILES string of the molecule is CCC1C(C)Nc2cccc3cc(C(=O)Nc4cc(C(=O)OC)cc(F)c4NC)n1c23. The van der Waals surface area contributed by atoms with Crippen LogP contribution in [-0.2, 0) is 4.74 Å². The van der Waals surface area contributed by atoms with Crippen molar-refractivity contribution >= 4 is 39.8 Å². The Morgan fingerprint density at radius 2 is 2.03 bits per heavy atom. The van der Waals surface area contributed by atoms with Gasteiger partial charge in [-0.15, -0.1) is 0 Å². The van der Waals surface area contributed by atoms with Crippen molar-refractivity contribution in [3.8, 4) is 0 Å². The number of nitrogens with one attached hydrogen (secondary N) is 3. The number of esters is 1. The zero-order valence-electron chi connectivity index (χ0n) is 17.9. The van der Waals surface area contributed by atoms with Gasteiger partial charge in [0.25, 0.3) is 5.91 Å². The highest BCUT2D eigenvalue weighted by Gasteiger charge is 2.30.